The molecule has 2 atom stereocenters. The molecule has 1 fully saturated rings. The molecule has 0 amide bonds. The van der Waals surface area contributed by atoms with Crippen LogP contribution in [0.3, 0.4) is 0 Å². The second kappa shape index (κ2) is 9.19. The van der Waals surface area contributed by atoms with Crippen LogP contribution in [-0.4, -0.2) is 38.4 Å². The van der Waals surface area contributed by atoms with Gasteiger partial charge in [0.2, 0.25) is 5.79 Å². The number of nitrogens with zero attached hydrogens (tertiary/aromatic N) is 4. The number of hydrogen-bond donors (Lipinski definition) is 0. The first-order valence-corrected chi connectivity index (χ1v) is 11.2. The molecule has 5 rings (SSSR count). The Morgan fingerprint density at radius 2 is 1.97 bits per heavy atom. The van der Waals surface area contributed by atoms with E-state index >= 15 is 0 Å². The second-order valence-corrected chi connectivity index (χ2v) is 8.66. The molecular weight excluding hydrogens is 463 g/mol. The summed E-state index contributed by atoms with van der Waals surface area (Å²) in [4.78, 5) is 8.38. The van der Waals surface area contributed by atoms with E-state index < -0.39 is 5.79 Å². The lowest BCUT2D eigenvalue weighted by Crippen LogP contribution is -2.34. The van der Waals surface area contributed by atoms with Gasteiger partial charge in [0.05, 0.1) is 24.5 Å². The summed E-state index contributed by atoms with van der Waals surface area (Å²) in [7, 11) is 0. The fourth-order valence-corrected chi connectivity index (χ4v) is 4.47. The molecule has 9 heteroatoms. The Labute approximate surface area is 201 Å². The molecule has 3 heterocycles. The van der Waals surface area contributed by atoms with E-state index in [1.54, 1.807) is 30.9 Å². The highest BCUT2D eigenvalue weighted by Crippen LogP contribution is 2.40. The normalized spacial score (nSPS) is 20.3. The lowest BCUT2D eigenvalue weighted by Gasteiger charge is -2.30. The molecule has 0 bridgehead atoms. The van der Waals surface area contributed by atoms with Crippen LogP contribution in [0.15, 0.2) is 73.6 Å². The van der Waals surface area contributed by atoms with Crippen molar-refractivity contribution in [2.45, 2.75) is 25.4 Å². The monoisotopic (exact) mass is 484 g/mol. The average Bonchev–Trinajstić information content (AvgIpc) is 3.55. The van der Waals surface area contributed by atoms with E-state index in [2.05, 4.69) is 9.97 Å². The van der Waals surface area contributed by atoms with Crippen LogP contribution in [0.4, 0.5) is 0 Å². The van der Waals surface area contributed by atoms with E-state index in [1.807, 2.05) is 58.8 Å². The summed E-state index contributed by atoms with van der Waals surface area (Å²) in [5.74, 6) is 0.603. The predicted molar refractivity (Wildman–Crippen MR) is 125 cm³/mol. The van der Waals surface area contributed by atoms with E-state index in [0.717, 1.165) is 17.3 Å². The molecule has 33 heavy (non-hydrogen) atoms. The molecule has 0 N–H and O–H groups in total. The van der Waals surface area contributed by atoms with E-state index in [9.17, 15) is 0 Å². The molecular formula is C24H22Cl2N4O3. The maximum absolute atomic E-state index is 6.52. The van der Waals surface area contributed by atoms with Crippen molar-refractivity contribution in [3.8, 4) is 11.4 Å². The van der Waals surface area contributed by atoms with Crippen LogP contribution < -0.4 is 4.74 Å². The molecule has 0 saturated carbocycles. The van der Waals surface area contributed by atoms with Crippen molar-refractivity contribution in [2.24, 2.45) is 0 Å². The molecule has 2 aromatic heterocycles. The Morgan fingerprint density at radius 1 is 1.12 bits per heavy atom. The number of halogens is 2. The van der Waals surface area contributed by atoms with Crippen LogP contribution in [0, 0.1) is 6.92 Å². The number of aryl methyl sites for hydroxylation is 1. The number of hydrogen-bond acceptors (Lipinski definition) is 5. The van der Waals surface area contributed by atoms with Crippen LogP contribution in [0.25, 0.3) is 5.69 Å². The maximum Gasteiger partial charge on any atom is 0.215 e. The van der Waals surface area contributed by atoms with Gasteiger partial charge in [-0.15, -0.1) is 0 Å². The Kier molecular flexibility index (Phi) is 6.12. The van der Waals surface area contributed by atoms with Gasteiger partial charge in [0, 0.05) is 41.1 Å². The van der Waals surface area contributed by atoms with Crippen molar-refractivity contribution < 1.29 is 14.2 Å². The van der Waals surface area contributed by atoms with Gasteiger partial charge in [0.25, 0.3) is 0 Å². The molecule has 2 aromatic carbocycles. The largest absolute Gasteiger partial charge is 0.491 e. The van der Waals surface area contributed by atoms with E-state index in [0.29, 0.717) is 35.4 Å². The van der Waals surface area contributed by atoms with Crippen LogP contribution in [0.1, 0.15) is 11.4 Å². The highest BCUT2D eigenvalue weighted by molar-refractivity contribution is 6.35. The number of ether oxygens (including phenoxy) is 3. The van der Waals surface area contributed by atoms with Gasteiger partial charge in [-0.1, -0.05) is 29.3 Å². The molecule has 1 saturated heterocycles. The molecule has 2 unspecified atom stereocenters. The summed E-state index contributed by atoms with van der Waals surface area (Å²) in [6, 6.07) is 13.1. The standard InChI is InChI=1S/C24H22Cl2N4O3/c1-17-28-9-11-30(17)19-3-5-20(6-4-19)31-13-21-14-32-24(33-21,15-29-10-8-27-16-29)22-7-2-18(25)12-23(22)26/h2-12,16,21H,13-15H2,1H3. The van der Waals surface area contributed by atoms with E-state index in [4.69, 9.17) is 37.4 Å². The summed E-state index contributed by atoms with van der Waals surface area (Å²) in [6.07, 6.45) is 8.70. The number of rotatable bonds is 7. The highest BCUT2D eigenvalue weighted by Gasteiger charge is 2.45. The Hall–Kier alpha value is -2.84. The topological polar surface area (TPSA) is 63.3 Å². The average molecular weight is 485 g/mol. The zero-order chi connectivity index (χ0) is 22.8. The molecule has 7 nitrogen and oxygen atoms in total. The van der Waals surface area contributed by atoms with Gasteiger partial charge in [-0.2, -0.15) is 0 Å². The minimum atomic E-state index is -1.07. The predicted octanol–water partition coefficient (Wildman–Crippen LogP) is 5.03. The van der Waals surface area contributed by atoms with Gasteiger partial charge in [-0.25, -0.2) is 9.97 Å². The summed E-state index contributed by atoms with van der Waals surface area (Å²) in [6.45, 7) is 3.05. The third-order valence-electron chi connectivity index (χ3n) is 5.53. The van der Waals surface area contributed by atoms with Crippen molar-refractivity contribution in [3.63, 3.8) is 0 Å². The molecule has 170 valence electrons. The van der Waals surface area contributed by atoms with Crippen LogP contribution in [0.5, 0.6) is 5.75 Å². The van der Waals surface area contributed by atoms with E-state index in [1.165, 1.54) is 0 Å². The second-order valence-electron chi connectivity index (χ2n) is 7.81. The lowest BCUT2D eigenvalue weighted by molar-refractivity contribution is -0.189. The number of aromatic nitrogens is 4. The fraction of sp³-hybridized carbons (Fsp3) is 0.250. The summed E-state index contributed by atoms with van der Waals surface area (Å²) in [5.41, 5.74) is 1.74. The van der Waals surface area contributed by atoms with Gasteiger partial charge in [-0.05, 0) is 43.3 Å². The minimum Gasteiger partial charge on any atom is -0.491 e. The SMILES string of the molecule is Cc1nccn1-c1ccc(OCC2COC(Cn3ccnc3)(c3ccc(Cl)cc3Cl)O2)cc1. The zero-order valence-electron chi connectivity index (χ0n) is 17.9. The highest BCUT2D eigenvalue weighted by atomic mass is 35.5. The molecule has 4 aromatic rings. The maximum atomic E-state index is 6.52. The van der Waals surface area contributed by atoms with Crippen molar-refractivity contribution in [3.05, 3.63) is 95.0 Å². The third kappa shape index (κ3) is 4.63. The summed E-state index contributed by atoms with van der Waals surface area (Å²) < 4.78 is 22.5. The Morgan fingerprint density at radius 3 is 2.67 bits per heavy atom. The molecule has 0 radical (unpaired) electrons. The number of imidazole rings is 2. The number of benzene rings is 2. The van der Waals surface area contributed by atoms with Gasteiger partial charge < -0.3 is 23.3 Å². The first kappa shape index (κ1) is 22.0. The van der Waals surface area contributed by atoms with Crippen LogP contribution in [0.2, 0.25) is 10.0 Å². The first-order chi connectivity index (χ1) is 16.0. The summed E-state index contributed by atoms with van der Waals surface area (Å²) >= 11 is 12.6. The fourth-order valence-electron chi connectivity index (χ4n) is 3.92. The minimum absolute atomic E-state index is 0.282. The van der Waals surface area contributed by atoms with Crippen LogP contribution in [-0.2, 0) is 21.8 Å². The van der Waals surface area contributed by atoms with Gasteiger partial charge in [0.1, 0.15) is 24.3 Å². The first-order valence-electron chi connectivity index (χ1n) is 10.5. The molecule has 0 aliphatic carbocycles. The van der Waals surface area contributed by atoms with Crippen LogP contribution >= 0.6 is 23.2 Å². The smallest absolute Gasteiger partial charge is 0.215 e. The molecule has 1 aliphatic rings. The van der Waals surface area contributed by atoms with Crippen molar-refractivity contribution in [2.75, 3.05) is 13.2 Å². The van der Waals surface area contributed by atoms with Crippen molar-refractivity contribution in [1.29, 1.82) is 0 Å². The van der Waals surface area contributed by atoms with Gasteiger partial charge >= 0.3 is 0 Å². The lowest BCUT2D eigenvalue weighted by atomic mass is 10.1. The third-order valence-corrected chi connectivity index (χ3v) is 6.08. The van der Waals surface area contributed by atoms with Crippen molar-refractivity contribution >= 4 is 23.2 Å². The van der Waals surface area contributed by atoms with Crippen molar-refractivity contribution in [1.82, 2.24) is 19.1 Å². The van der Waals surface area contributed by atoms with Gasteiger partial charge in [0.15, 0.2) is 0 Å². The molecule has 0 spiro atoms. The summed E-state index contributed by atoms with van der Waals surface area (Å²) in [5, 5.41) is 1.03. The van der Waals surface area contributed by atoms with E-state index in [-0.39, 0.29) is 6.10 Å². The molecule has 1 aliphatic heterocycles. The van der Waals surface area contributed by atoms with Gasteiger partial charge in [-0.3, -0.25) is 0 Å². The zero-order valence-corrected chi connectivity index (χ0v) is 19.4. The quantitative estimate of drug-likeness (QED) is 0.368. The Balaban J connectivity index is 1.30. The Bertz CT molecular complexity index is 1230.